The van der Waals surface area contributed by atoms with E-state index in [4.69, 9.17) is 16.0 Å². The fourth-order valence-electron chi connectivity index (χ4n) is 1.85. The molecule has 0 aliphatic carbocycles. The summed E-state index contributed by atoms with van der Waals surface area (Å²) in [6.07, 6.45) is 1.97. The van der Waals surface area contributed by atoms with Crippen LogP contribution in [0.3, 0.4) is 0 Å². The van der Waals surface area contributed by atoms with Gasteiger partial charge in [0.15, 0.2) is 11.0 Å². The summed E-state index contributed by atoms with van der Waals surface area (Å²) in [6, 6.07) is 3.41. The highest BCUT2D eigenvalue weighted by atomic mass is 35.5. The van der Waals surface area contributed by atoms with E-state index in [0.29, 0.717) is 0 Å². The molecule has 4 nitrogen and oxygen atoms in total. The van der Waals surface area contributed by atoms with Gasteiger partial charge in [-0.15, -0.1) is 0 Å². The molecule has 0 unspecified atom stereocenters. The number of halogens is 1. The van der Waals surface area contributed by atoms with Gasteiger partial charge in [-0.25, -0.2) is 0 Å². The van der Waals surface area contributed by atoms with Crippen molar-refractivity contribution in [2.75, 3.05) is 20.1 Å². The van der Waals surface area contributed by atoms with Crippen molar-refractivity contribution in [3.63, 3.8) is 0 Å². The number of piperidine rings is 1. The first-order chi connectivity index (χ1) is 7.65. The van der Waals surface area contributed by atoms with Crippen molar-refractivity contribution in [2.45, 2.75) is 18.9 Å². The number of hydrogen-bond acceptors (Lipinski definition) is 3. The number of likely N-dealkylation sites (tertiary alicyclic amines) is 1. The van der Waals surface area contributed by atoms with E-state index in [1.807, 2.05) is 0 Å². The summed E-state index contributed by atoms with van der Waals surface area (Å²) in [5.74, 6) is 0.102. The van der Waals surface area contributed by atoms with Crippen LogP contribution in [-0.4, -0.2) is 37.0 Å². The van der Waals surface area contributed by atoms with Crippen LogP contribution in [-0.2, 0) is 0 Å². The minimum Gasteiger partial charge on any atom is -0.440 e. The molecule has 0 bridgehead atoms. The Morgan fingerprint density at radius 3 is 2.75 bits per heavy atom. The van der Waals surface area contributed by atoms with Crippen molar-refractivity contribution >= 4 is 17.5 Å². The second-order valence-corrected chi connectivity index (χ2v) is 4.53. The number of hydrogen-bond donors (Lipinski definition) is 1. The smallest absolute Gasteiger partial charge is 0.287 e. The Kier molecular flexibility index (Phi) is 3.51. The molecule has 88 valence electrons. The monoisotopic (exact) mass is 242 g/mol. The van der Waals surface area contributed by atoms with E-state index < -0.39 is 0 Å². The molecule has 1 saturated heterocycles. The van der Waals surface area contributed by atoms with Crippen molar-refractivity contribution in [3.05, 3.63) is 23.1 Å². The number of furan rings is 1. The first kappa shape index (κ1) is 11.5. The maximum absolute atomic E-state index is 11.7. The normalized spacial score (nSPS) is 18.6. The molecule has 1 aliphatic rings. The first-order valence-electron chi connectivity index (χ1n) is 5.40. The lowest BCUT2D eigenvalue weighted by Gasteiger charge is -2.29. The van der Waals surface area contributed by atoms with E-state index in [-0.39, 0.29) is 22.9 Å². The summed E-state index contributed by atoms with van der Waals surface area (Å²) in [4.78, 5) is 14.0. The topological polar surface area (TPSA) is 45.5 Å². The van der Waals surface area contributed by atoms with E-state index in [0.717, 1.165) is 25.9 Å². The summed E-state index contributed by atoms with van der Waals surface area (Å²) in [6.45, 7) is 2.04. The van der Waals surface area contributed by atoms with Crippen LogP contribution in [0.15, 0.2) is 16.5 Å². The van der Waals surface area contributed by atoms with Gasteiger partial charge >= 0.3 is 0 Å². The standard InChI is InChI=1S/C11H15ClN2O2/c1-14-6-4-8(5-7-14)13-11(15)9-2-3-10(12)16-9/h2-3,8H,4-7H2,1H3,(H,13,15). The van der Waals surface area contributed by atoms with Crippen LogP contribution in [0.4, 0.5) is 0 Å². The van der Waals surface area contributed by atoms with Gasteiger partial charge in [0.1, 0.15) is 0 Å². The summed E-state index contributed by atoms with van der Waals surface area (Å²) < 4.78 is 5.05. The molecule has 0 aromatic carbocycles. The third kappa shape index (κ3) is 2.77. The van der Waals surface area contributed by atoms with Crippen LogP contribution >= 0.6 is 11.6 Å². The number of carbonyl (C=O) groups excluding carboxylic acids is 1. The predicted octanol–water partition coefficient (Wildman–Crippen LogP) is 1.76. The van der Waals surface area contributed by atoms with Gasteiger partial charge in [-0.3, -0.25) is 4.79 Å². The highest BCUT2D eigenvalue weighted by Gasteiger charge is 2.20. The minimum atomic E-state index is -0.179. The SMILES string of the molecule is CN1CCC(NC(=O)c2ccc(Cl)o2)CC1. The molecule has 1 amide bonds. The Bertz CT molecular complexity index is 370. The van der Waals surface area contributed by atoms with Gasteiger partial charge < -0.3 is 14.6 Å². The Hall–Kier alpha value is -1.00. The third-order valence-electron chi connectivity index (χ3n) is 2.85. The van der Waals surface area contributed by atoms with Gasteiger partial charge in [-0.1, -0.05) is 0 Å². The van der Waals surface area contributed by atoms with Gasteiger partial charge in [0, 0.05) is 6.04 Å². The first-order valence-corrected chi connectivity index (χ1v) is 5.77. The van der Waals surface area contributed by atoms with E-state index in [2.05, 4.69) is 17.3 Å². The summed E-state index contributed by atoms with van der Waals surface area (Å²) >= 11 is 5.61. The van der Waals surface area contributed by atoms with E-state index in [1.165, 1.54) is 0 Å². The maximum Gasteiger partial charge on any atom is 0.287 e. The molecule has 0 spiro atoms. The number of nitrogens with one attached hydrogen (secondary N) is 1. The Balaban J connectivity index is 1.88. The lowest BCUT2D eigenvalue weighted by atomic mass is 10.1. The van der Waals surface area contributed by atoms with Crippen LogP contribution in [0.2, 0.25) is 5.22 Å². The van der Waals surface area contributed by atoms with Crippen molar-refractivity contribution < 1.29 is 9.21 Å². The molecule has 2 heterocycles. The summed E-state index contributed by atoms with van der Waals surface area (Å²) in [7, 11) is 2.09. The highest BCUT2D eigenvalue weighted by Crippen LogP contribution is 2.14. The number of nitrogens with zero attached hydrogens (tertiary/aromatic N) is 1. The third-order valence-corrected chi connectivity index (χ3v) is 3.05. The fourth-order valence-corrected chi connectivity index (χ4v) is 1.99. The average molecular weight is 243 g/mol. The van der Waals surface area contributed by atoms with Crippen LogP contribution in [0.1, 0.15) is 23.4 Å². The lowest BCUT2D eigenvalue weighted by molar-refractivity contribution is 0.0889. The van der Waals surface area contributed by atoms with E-state index >= 15 is 0 Å². The van der Waals surface area contributed by atoms with Crippen molar-refractivity contribution in [3.8, 4) is 0 Å². The fraction of sp³-hybridized carbons (Fsp3) is 0.545. The number of rotatable bonds is 2. The second-order valence-electron chi connectivity index (χ2n) is 4.15. The van der Waals surface area contributed by atoms with Gasteiger partial charge in [-0.05, 0) is 56.7 Å². The Labute approximate surface area is 99.5 Å². The molecule has 0 saturated carbocycles. The summed E-state index contributed by atoms with van der Waals surface area (Å²) in [5.41, 5.74) is 0. The minimum absolute atomic E-state index is 0.179. The second kappa shape index (κ2) is 4.89. The molecule has 1 fully saturated rings. The van der Waals surface area contributed by atoms with Crippen LogP contribution in [0, 0.1) is 0 Å². The zero-order valence-corrected chi connectivity index (χ0v) is 9.96. The Morgan fingerprint density at radius 1 is 1.50 bits per heavy atom. The molecule has 1 aliphatic heterocycles. The summed E-state index contributed by atoms with van der Waals surface area (Å²) in [5, 5.41) is 3.20. The Morgan fingerprint density at radius 2 is 2.19 bits per heavy atom. The van der Waals surface area contributed by atoms with E-state index in [9.17, 15) is 4.79 Å². The zero-order chi connectivity index (χ0) is 11.5. The molecule has 1 aromatic heterocycles. The van der Waals surface area contributed by atoms with Crippen LogP contribution in [0.5, 0.6) is 0 Å². The number of amides is 1. The highest BCUT2D eigenvalue weighted by molar-refractivity contribution is 6.29. The molecule has 0 radical (unpaired) electrons. The van der Waals surface area contributed by atoms with E-state index in [1.54, 1.807) is 12.1 Å². The quantitative estimate of drug-likeness (QED) is 0.860. The molecule has 2 rings (SSSR count). The van der Waals surface area contributed by atoms with Crippen molar-refractivity contribution in [1.29, 1.82) is 0 Å². The molecular formula is C11H15ClN2O2. The predicted molar refractivity (Wildman–Crippen MR) is 61.7 cm³/mol. The van der Waals surface area contributed by atoms with Gasteiger partial charge in [0.25, 0.3) is 5.91 Å². The van der Waals surface area contributed by atoms with Crippen LogP contribution in [0.25, 0.3) is 0 Å². The van der Waals surface area contributed by atoms with Crippen molar-refractivity contribution in [2.24, 2.45) is 0 Å². The molecular weight excluding hydrogens is 228 g/mol. The van der Waals surface area contributed by atoms with Gasteiger partial charge in [0.2, 0.25) is 0 Å². The van der Waals surface area contributed by atoms with Crippen molar-refractivity contribution in [1.82, 2.24) is 10.2 Å². The van der Waals surface area contributed by atoms with Crippen LogP contribution < -0.4 is 5.32 Å². The molecule has 16 heavy (non-hydrogen) atoms. The largest absolute Gasteiger partial charge is 0.440 e. The van der Waals surface area contributed by atoms with Gasteiger partial charge in [-0.2, -0.15) is 0 Å². The molecule has 5 heteroatoms. The molecule has 0 atom stereocenters. The average Bonchev–Trinajstić information content (AvgIpc) is 2.68. The molecule has 1 aromatic rings. The van der Waals surface area contributed by atoms with Gasteiger partial charge in [0.05, 0.1) is 0 Å². The maximum atomic E-state index is 11.7. The lowest BCUT2D eigenvalue weighted by Crippen LogP contribution is -2.43. The molecule has 1 N–H and O–H groups in total. The zero-order valence-electron chi connectivity index (χ0n) is 9.20. The number of carbonyl (C=O) groups is 1.